The van der Waals surface area contributed by atoms with Crippen LogP contribution < -0.4 is 14.9 Å². The number of likely N-dealkylation sites (tertiary alicyclic amines) is 1. The topological polar surface area (TPSA) is 80.2 Å². The normalized spacial score (nSPS) is 15.0. The molecule has 7 nitrogen and oxygen atoms in total. The summed E-state index contributed by atoms with van der Waals surface area (Å²) in [4.78, 5) is 25.6. The number of nitrogens with zero attached hydrogens (tertiary/aromatic N) is 2. The van der Waals surface area contributed by atoms with Crippen molar-refractivity contribution < 1.29 is 19.1 Å². The number of methoxy groups -OCH3 is 2. The molecule has 0 spiro atoms. The maximum absolute atomic E-state index is 12.1. The third-order valence-electron chi connectivity index (χ3n) is 3.90. The van der Waals surface area contributed by atoms with Crippen molar-refractivity contribution in [2.24, 2.45) is 5.10 Å². The number of benzene rings is 1. The van der Waals surface area contributed by atoms with E-state index in [0.29, 0.717) is 30.2 Å². The highest BCUT2D eigenvalue weighted by molar-refractivity contribution is 6.35. The summed E-state index contributed by atoms with van der Waals surface area (Å²) in [5, 5.41) is 3.85. The second-order valence-electron chi connectivity index (χ2n) is 5.51. The van der Waals surface area contributed by atoms with Crippen LogP contribution in [0.5, 0.6) is 11.5 Å². The van der Waals surface area contributed by atoms with Gasteiger partial charge >= 0.3 is 11.8 Å². The van der Waals surface area contributed by atoms with Crippen LogP contribution in [0.3, 0.4) is 0 Å². The standard InChI is InChI=1S/C17H23N3O4/c1-23-14-8-7-13(15(11-14)24-2)12-18-19-16(21)17(22)20-9-5-3-4-6-10-20/h7-8,11-12H,3-6,9-10H2,1-2H3,(H,19,21)/b18-12-. The van der Waals surface area contributed by atoms with E-state index in [9.17, 15) is 9.59 Å². The highest BCUT2D eigenvalue weighted by Gasteiger charge is 2.22. The van der Waals surface area contributed by atoms with E-state index in [1.807, 2.05) is 0 Å². The number of rotatable bonds is 4. The van der Waals surface area contributed by atoms with Gasteiger partial charge in [0.15, 0.2) is 0 Å². The van der Waals surface area contributed by atoms with Crippen LogP contribution in [0.2, 0.25) is 0 Å². The predicted octanol–water partition coefficient (Wildman–Crippen LogP) is 1.56. The monoisotopic (exact) mass is 333 g/mol. The van der Waals surface area contributed by atoms with Crippen molar-refractivity contribution in [2.45, 2.75) is 25.7 Å². The Morgan fingerprint density at radius 3 is 2.46 bits per heavy atom. The molecule has 1 N–H and O–H groups in total. The van der Waals surface area contributed by atoms with E-state index in [2.05, 4.69) is 10.5 Å². The third-order valence-corrected chi connectivity index (χ3v) is 3.90. The number of amides is 2. The van der Waals surface area contributed by atoms with Crippen LogP contribution in [0.1, 0.15) is 31.2 Å². The summed E-state index contributed by atoms with van der Waals surface area (Å²) < 4.78 is 10.4. The van der Waals surface area contributed by atoms with Gasteiger partial charge in [-0.05, 0) is 25.0 Å². The molecule has 1 aliphatic rings. The lowest BCUT2D eigenvalue weighted by Crippen LogP contribution is -2.41. The molecule has 0 bridgehead atoms. The van der Waals surface area contributed by atoms with Crippen molar-refractivity contribution in [1.29, 1.82) is 0 Å². The molecule has 1 aliphatic heterocycles. The number of carbonyl (C=O) groups excluding carboxylic acids is 2. The van der Waals surface area contributed by atoms with Gasteiger partial charge in [-0.1, -0.05) is 12.8 Å². The molecule has 2 amide bonds. The van der Waals surface area contributed by atoms with Crippen molar-refractivity contribution in [3.63, 3.8) is 0 Å². The first-order chi connectivity index (χ1) is 11.7. The first kappa shape index (κ1) is 17.8. The lowest BCUT2D eigenvalue weighted by atomic mass is 10.2. The van der Waals surface area contributed by atoms with Gasteiger partial charge in [0.25, 0.3) is 0 Å². The summed E-state index contributed by atoms with van der Waals surface area (Å²) in [6.07, 6.45) is 5.50. The SMILES string of the molecule is COc1ccc(/C=N\NC(=O)C(=O)N2CCCCCC2)c(OC)c1. The van der Waals surface area contributed by atoms with Gasteiger partial charge in [-0.2, -0.15) is 5.10 Å². The molecule has 0 unspecified atom stereocenters. The molecule has 1 saturated heterocycles. The largest absolute Gasteiger partial charge is 0.497 e. The highest BCUT2D eigenvalue weighted by atomic mass is 16.5. The quantitative estimate of drug-likeness (QED) is 0.515. The zero-order valence-corrected chi connectivity index (χ0v) is 14.1. The number of nitrogens with one attached hydrogen (secondary N) is 1. The summed E-state index contributed by atoms with van der Waals surface area (Å²) >= 11 is 0. The van der Waals surface area contributed by atoms with E-state index in [-0.39, 0.29) is 0 Å². The summed E-state index contributed by atoms with van der Waals surface area (Å²) in [6, 6.07) is 5.23. The number of hydrogen-bond donors (Lipinski definition) is 1. The van der Waals surface area contributed by atoms with Crippen LogP contribution in [0.4, 0.5) is 0 Å². The molecule has 0 aromatic heterocycles. The van der Waals surface area contributed by atoms with Crippen molar-refractivity contribution in [3.8, 4) is 11.5 Å². The molecule has 2 rings (SSSR count). The number of ether oxygens (including phenoxy) is 2. The number of carbonyl (C=O) groups is 2. The Balaban J connectivity index is 1.95. The molecule has 1 heterocycles. The van der Waals surface area contributed by atoms with Crippen LogP contribution in [0, 0.1) is 0 Å². The second kappa shape index (κ2) is 8.90. The summed E-state index contributed by atoms with van der Waals surface area (Å²) in [5.41, 5.74) is 2.95. The molecule has 0 aliphatic carbocycles. The Hall–Kier alpha value is -2.57. The highest BCUT2D eigenvalue weighted by Crippen LogP contribution is 2.22. The fourth-order valence-electron chi connectivity index (χ4n) is 2.55. The second-order valence-corrected chi connectivity index (χ2v) is 5.51. The van der Waals surface area contributed by atoms with E-state index in [4.69, 9.17) is 9.47 Å². The first-order valence-electron chi connectivity index (χ1n) is 8.00. The van der Waals surface area contributed by atoms with Gasteiger partial charge in [0, 0.05) is 24.7 Å². The van der Waals surface area contributed by atoms with E-state index < -0.39 is 11.8 Å². The zero-order valence-electron chi connectivity index (χ0n) is 14.1. The van der Waals surface area contributed by atoms with Crippen LogP contribution in [0.25, 0.3) is 0 Å². The van der Waals surface area contributed by atoms with Crippen molar-refractivity contribution in [2.75, 3.05) is 27.3 Å². The molecule has 1 aromatic carbocycles. The molecule has 130 valence electrons. The molecule has 1 fully saturated rings. The molecule has 0 radical (unpaired) electrons. The maximum Gasteiger partial charge on any atom is 0.329 e. The third kappa shape index (κ3) is 4.71. The van der Waals surface area contributed by atoms with Gasteiger partial charge in [0.2, 0.25) is 0 Å². The van der Waals surface area contributed by atoms with Gasteiger partial charge in [-0.3, -0.25) is 9.59 Å². The predicted molar refractivity (Wildman–Crippen MR) is 90.3 cm³/mol. The van der Waals surface area contributed by atoms with Gasteiger partial charge in [0.1, 0.15) is 11.5 Å². The Morgan fingerprint density at radius 2 is 1.83 bits per heavy atom. The van der Waals surface area contributed by atoms with Crippen molar-refractivity contribution in [1.82, 2.24) is 10.3 Å². The Morgan fingerprint density at radius 1 is 1.12 bits per heavy atom. The fourth-order valence-corrected chi connectivity index (χ4v) is 2.55. The molecule has 1 aromatic rings. The lowest BCUT2D eigenvalue weighted by Gasteiger charge is -2.18. The lowest BCUT2D eigenvalue weighted by molar-refractivity contribution is -0.145. The zero-order chi connectivity index (χ0) is 17.4. The van der Waals surface area contributed by atoms with E-state index >= 15 is 0 Å². The van der Waals surface area contributed by atoms with Gasteiger partial charge in [0.05, 0.1) is 20.4 Å². The molecule has 0 saturated carbocycles. The Kier molecular flexibility index (Phi) is 6.60. The van der Waals surface area contributed by atoms with Crippen LogP contribution in [-0.4, -0.2) is 50.2 Å². The average molecular weight is 333 g/mol. The van der Waals surface area contributed by atoms with Crippen LogP contribution >= 0.6 is 0 Å². The van der Waals surface area contributed by atoms with Gasteiger partial charge in [-0.15, -0.1) is 0 Å². The minimum absolute atomic E-state index is 0.532. The minimum Gasteiger partial charge on any atom is -0.497 e. The van der Waals surface area contributed by atoms with Crippen molar-refractivity contribution in [3.05, 3.63) is 23.8 Å². The summed E-state index contributed by atoms with van der Waals surface area (Å²) in [7, 11) is 3.10. The van der Waals surface area contributed by atoms with Crippen LogP contribution in [-0.2, 0) is 9.59 Å². The average Bonchev–Trinajstić information content (AvgIpc) is 2.90. The number of hydrazone groups is 1. The molecular formula is C17H23N3O4. The van der Waals surface area contributed by atoms with E-state index in [0.717, 1.165) is 25.7 Å². The molecule has 24 heavy (non-hydrogen) atoms. The maximum atomic E-state index is 12.1. The fraction of sp³-hybridized carbons (Fsp3) is 0.471. The molecule has 7 heteroatoms. The summed E-state index contributed by atoms with van der Waals surface area (Å²) in [5.74, 6) is -0.0352. The van der Waals surface area contributed by atoms with Crippen LogP contribution in [0.15, 0.2) is 23.3 Å². The Bertz CT molecular complexity index is 608. The Labute approximate surface area is 141 Å². The first-order valence-corrected chi connectivity index (χ1v) is 8.00. The number of hydrogen-bond acceptors (Lipinski definition) is 5. The molecular weight excluding hydrogens is 310 g/mol. The summed E-state index contributed by atoms with van der Waals surface area (Å²) in [6.45, 7) is 1.25. The van der Waals surface area contributed by atoms with E-state index in [1.165, 1.54) is 13.3 Å². The van der Waals surface area contributed by atoms with E-state index in [1.54, 1.807) is 30.2 Å². The van der Waals surface area contributed by atoms with Gasteiger partial charge in [-0.25, -0.2) is 5.43 Å². The smallest absolute Gasteiger partial charge is 0.329 e. The minimum atomic E-state index is -0.722. The van der Waals surface area contributed by atoms with Crippen molar-refractivity contribution >= 4 is 18.0 Å². The van der Waals surface area contributed by atoms with Gasteiger partial charge < -0.3 is 14.4 Å². The molecule has 0 atom stereocenters.